The molecule has 0 spiro atoms. The van der Waals surface area contributed by atoms with Crippen LogP contribution < -0.4 is 4.90 Å². The summed E-state index contributed by atoms with van der Waals surface area (Å²) < 4.78 is 28.8. The molecule has 1 aliphatic heterocycles. The number of aryl methyl sites for hydroxylation is 3. The molecule has 0 saturated carbocycles. The molecule has 0 N–H and O–H groups in total. The van der Waals surface area contributed by atoms with E-state index >= 15 is 0 Å². The van der Waals surface area contributed by atoms with Crippen LogP contribution in [0.3, 0.4) is 0 Å². The molecule has 0 atom stereocenters. The third-order valence-electron chi connectivity index (χ3n) is 5.19. The van der Waals surface area contributed by atoms with Crippen molar-refractivity contribution in [1.82, 2.24) is 24.1 Å². The predicted octanol–water partition coefficient (Wildman–Crippen LogP) is 2.71. The molecule has 1 saturated heterocycles. The fourth-order valence-electron chi connectivity index (χ4n) is 3.65. The van der Waals surface area contributed by atoms with Gasteiger partial charge in [-0.25, -0.2) is 23.1 Å². The van der Waals surface area contributed by atoms with Crippen molar-refractivity contribution in [3.05, 3.63) is 70.6 Å². The van der Waals surface area contributed by atoms with Gasteiger partial charge >= 0.3 is 0 Å². The van der Waals surface area contributed by atoms with Crippen LogP contribution >= 0.6 is 0 Å². The summed E-state index contributed by atoms with van der Waals surface area (Å²) >= 11 is 0. The van der Waals surface area contributed by atoms with Gasteiger partial charge in [0.1, 0.15) is 11.6 Å². The van der Waals surface area contributed by atoms with Crippen molar-refractivity contribution in [2.75, 3.05) is 31.1 Å². The van der Waals surface area contributed by atoms with Crippen LogP contribution in [0.2, 0.25) is 0 Å². The van der Waals surface area contributed by atoms with Gasteiger partial charge in [-0.15, -0.1) is 0 Å². The monoisotopic (exact) mass is 438 g/mol. The summed E-state index contributed by atoms with van der Waals surface area (Å²) in [6.07, 6.45) is 1.64. The van der Waals surface area contributed by atoms with E-state index in [4.69, 9.17) is 0 Å². The number of sulfonamides is 1. The minimum atomic E-state index is -3.47. The van der Waals surface area contributed by atoms with Crippen LogP contribution in [0.4, 0.5) is 5.82 Å². The maximum atomic E-state index is 12.7. The molecule has 0 unspecified atom stereocenters. The lowest BCUT2D eigenvalue weighted by atomic mass is 10.2. The Morgan fingerprint density at radius 2 is 1.58 bits per heavy atom. The molecule has 9 heteroatoms. The lowest BCUT2D eigenvalue weighted by molar-refractivity contribution is 0.388. The Bertz CT molecular complexity index is 1200. The van der Waals surface area contributed by atoms with Crippen LogP contribution in [0.25, 0.3) is 11.9 Å². The fraction of sp³-hybridized carbons (Fsp3) is 0.318. The highest BCUT2D eigenvalue weighted by atomic mass is 32.2. The zero-order valence-electron chi connectivity index (χ0n) is 17.9. The molecule has 2 aromatic heterocycles. The van der Waals surface area contributed by atoms with Gasteiger partial charge in [-0.1, -0.05) is 30.3 Å². The number of hydrogen-bond donors (Lipinski definition) is 0. The highest BCUT2D eigenvalue weighted by Crippen LogP contribution is 2.20. The fourth-order valence-corrected chi connectivity index (χ4v) is 4.83. The predicted molar refractivity (Wildman–Crippen MR) is 122 cm³/mol. The van der Waals surface area contributed by atoms with Crippen molar-refractivity contribution in [2.24, 2.45) is 0 Å². The van der Waals surface area contributed by atoms with Crippen molar-refractivity contribution >= 4 is 21.9 Å². The third kappa shape index (κ3) is 4.83. The third-order valence-corrected chi connectivity index (χ3v) is 6.76. The lowest BCUT2D eigenvalue weighted by Crippen LogP contribution is -2.48. The minimum Gasteiger partial charge on any atom is -0.354 e. The Morgan fingerprint density at radius 1 is 0.903 bits per heavy atom. The highest BCUT2D eigenvalue weighted by molar-refractivity contribution is 7.92. The molecule has 4 rings (SSSR count). The van der Waals surface area contributed by atoms with Crippen LogP contribution in [0.15, 0.2) is 47.9 Å². The largest absolute Gasteiger partial charge is 0.354 e. The SMILES string of the molecule is Cc1cc(C)n(-c2cc(N3CCN(S(=O)(=O)/C=C/c4ccccc4)CC3)nc(C)n2)n1. The van der Waals surface area contributed by atoms with E-state index in [0.717, 1.165) is 22.8 Å². The number of anilines is 1. The molecule has 1 aromatic carbocycles. The van der Waals surface area contributed by atoms with Gasteiger partial charge < -0.3 is 4.90 Å². The molecule has 8 nitrogen and oxygen atoms in total. The van der Waals surface area contributed by atoms with Crippen molar-refractivity contribution in [3.63, 3.8) is 0 Å². The molecule has 3 heterocycles. The molecule has 31 heavy (non-hydrogen) atoms. The Morgan fingerprint density at radius 3 is 2.23 bits per heavy atom. The molecular formula is C22H26N6O2S. The summed E-state index contributed by atoms with van der Waals surface area (Å²) in [5, 5.41) is 5.80. The molecule has 0 aliphatic carbocycles. The standard InChI is InChI=1S/C22H26N6O2S/c1-17-15-18(2)28(25-17)22-16-21(23-19(3)24-22)26-10-12-27(13-11-26)31(29,30)14-9-20-7-5-4-6-8-20/h4-9,14-16H,10-13H2,1-3H3/b14-9+. The van der Waals surface area contributed by atoms with E-state index in [1.54, 1.807) is 6.08 Å². The zero-order chi connectivity index (χ0) is 22.0. The van der Waals surface area contributed by atoms with Gasteiger partial charge in [-0.05, 0) is 38.5 Å². The van der Waals surface area contributed by atoms with Gasteiger partial charge in [0.25, 0.3) is 0 Å². The zero-order valence-corrected chi connectivity index (χ0v) is 18.7. The molecule has 0 radical (unpaired) electrons. The number of aromatic nitrogens is 4. The van der Waals surface area contributed by atoms with Crippen molar-refractivity contribution in [1.29, 1.82) is 0 Å². The van der Waals surface area contributed by atoms with E-state index in [2.05, 4.69) is 20.0 Å². The summed E-state index contributed by atoms with van der Waals surface area (Å²) in [5.41, 5.74) is 2.79. The van der Waals surface area contributed by atoms with Gasteiger partial charge in [-0.3, -0.25) is 0 Å². The number of nitrogens with zero attached hydrogens (tertiary/aromatic N) is 6. The van der Waals surface area contributed by atoms with E-state index in [0.29, 0.717) is 37.8 Å². The number of rotatable bonds is 5. The normalized spacial score (nSPS) is 15.6. The van der Waals surface area contributed by atoms with Crippen molar-refractivity contribution < 1.29 is 8.42 Å². The molecule has 1 aliphatic rings. The molecule has 0 bridgehead atoms. The van der Waals surface area contributed by atoms with Gasteiger partial charge in [0.2, 0.25) is 10.0 Å². The number of benzene rings is 1. The molecular weight excluding hydrogens is 412 g/mol. The Balaban J connectivity index is 1.47. The minimum absolute atomic E-state index is 0.403. The Hall–Kier alpha value is -3.04. The molecule has 162 valence electrons. The van der Waals surface area contributed by atoms with E-state index in [-0.39, 0.29) is 0 Å². The van der Waals surface area contributed by atoms with E-state index in [9.17, 15) is 8.42 Å². The molecule has 1 fully saturated rings. The number of piperazine rings is 1. The average molecular weight is 439 g/mol. The second kappa shape index (κ2) is 8.60. The van der Waals surface area contributed by atoms with Crippen LogP contribution in [0.5, 0.6) is 0 Å². The first-order valence-electron chi connectivity index (χ1n) is 10.2. The van der Waals surface area contributed by atoms with Crippen molar-refractivity contribution in [2.45, 2.75) is 20.8 Å². The maximum absolute atomic E-state index is 12.7. The summed E-state index contributed by atoms with van der Waals surface area (Å²) in [6, 6.07) is 13.3. The summed E-state index contributed by atoms with van der Waals surface area (Å²) in [7, 11) is -3.47. The van der Waals surface area contributed by atoms with Gasteiger partial charge in [0, 0.05) is 43.3 Å². The van der Waals surface area contributed by atoms with Crippen LogP contribution in [0.1, 0.15) is 22.8 Å². The van der Waals surface area contributed by atoms with Gasteiger partial charge in [0.15, 0.2) is 5.82 Å². The van der Waals surface area contributed by atoms with E-state index < -0.39 is 10.0 Å². The maximum Gasteiger partial charge on any atom is 0.236 e. The summed E-state index contributed by atoms with van der Waals surface area (Å²) in [6.45, 7) is 7.72. The Kier molecular flexibility index (Phi) is 5.88. The first kappa shape index (κ1) is 21.2. The first-order valence-corrected chi connectivity index (χ1v) is 11.7. The first-order chi connectivity index (χ1) is 14.8. The molecule has 3 aromatic rings. The van der Waals surface area contributed by atoms with E-state index in [1.165, 1.54) is 9.71 Å². The van der Waals surface area contributed by atoms with Crippen LogP contribution in [-0.4, -0.2) is 58.7 Å². The summed E-state index contributed by atoms with van der Waals surface area (Å²) in [5.74, 6) is 2.15. The highest BCUT2D eigenvalue weighted by Gasteiger charge is 2.26. The smallest absolute Gasteiger partial charge is 0.236 e. The van der Waals surface area contributed by atoms with Gasteiger partial charge in [-0.2, -0.15) is 9.40 Å². The lowest BCUT2D eigenvalue weighted by Gasteiger charge is -2.34. The second-order valence-electron chi connectivity index (χ2n) is 7.61. The topological polar surface area (TPSA) is 84.2 Å². The summed E-state index contributed by atoms with van der Waals surface area (Å²) in [4.78, 5) is 11.2. The van der Waals surface area contributed by atoms with Gasteiger partial charge in [0.05, 0.1) is 5.69 Å². The molecule has 0 amide bonds. The second-order valence-corrected chi connectivity index (χ2v) is 9.43. The van der Waals surface area contributed by atoms with Crippen LogP contribution in [0, 0.1) is 20.8 Å². The average Bonchev–Trinajstić information content (AvgIpc) is 3.11. The quantitative estimate of drug-likeness (QED) is 0.609. The Labute approximate surface area is 182 Å². The van der Waals surface area contributed by atoms with Crippen LogP contribution in [-0.2, 0) is 10.0 Å². The number of hydrogen-bond acceptors (Lipinski definition) is 6. The van der Waals surface area contributed by atoms with E-state index in [1.807, 2.05) is 67.9 Å². The van der Waals surface area contributed by atoms with Crippen molar-refractivity contribution in [3.8, 4) is 5.82 Å².